The molecule has 1 atom stereocenters. The normalized spacial score (nSPS) is 19.5. The minimum absolute atomic E-state index is 0.0157. The molecular weight excluding hydrogens is 394 g/mol. The van der Waals surface area contributed by atoms with Crippen LogP contribution in [-0.4, -0.2) is 51.1 Å². The van der Waals surface area contributed by atoms with E-state index in [1.165, 1.54) is 16.4 Å². The van der Waals surface area contributed by atoms with Crippen LogP contribution >= 0.6 is 0 Å². The topological polar surface area (TPSA) is 82.1 Å². The standard InChI is InChI=1S/C21H23NO6S/c23-21(27-15-16-14-26-18-9-3-4-10-19(18)28-16)17-8-2-5-11-20(17)29(24,25)22-12-6-1-7-13-22/h2-5,8-11,16H,1,6-7,12-15H2. The Morgan fingerprint density at radius 3 is 2.48 bits per heavy atom. The second kappa shape index (κ2) is 8.42. The lowest BCUT2D eigenvalue weighted by Gasteiger charge is -2.27. The van der Waals surface area contributed by atoms with Gasteiger partial charge in [-0.25, -0.2) is 13.2 Å². The van der Waals surface area contributed by atoms with E-state index in [0.717, 1.165) is 19.3 Å². The van der Waals surface area contributed by atoms with Gasteiger partial charge in [-0.2, -0.15) is 4.31 Å². The summed E-state index contributed by atoms with van der Waals surface area (Å²) in [5.41, 5.74) is 0.0372. The summed E-state index contributed by atoms with van der Waals surface area (Å²) < 4.78 is 44.3. The van der Waals surface area contributed by atoms with Gasteiger partial charge in [0.2, 0.25) is 10.0 Å². The molecule has 0 aromatic heterocycles. The lowest BCUT2D eigenvalue weighted by Crippen LogP contribution is -2.37. The van der Waals surface area contributed by atoms with Crippen molar-refractivity contribution in [1.29, 1.82) is 0 Å². The fourth-order valence-corrected chi connectivity index (χ4v) is 5.19. The van der Waals surface area contributed by atoms with Gasteiger partial charge < -0.3 is 14.2 Å². The van der Waals surface area contributed by atoms with Crippen molar-refractivity contribution in [3.8, 4) is 11.5 Å². The zero-order chi connectivity index (χ0) is 20.3. The second-order valence-electron chi connectivity index (χ2n) is 7.06. The second-order valence-corrected chi connectivity index (χ2v) is 8.96. The van der Waals surface area contributed by atoms with E-state index in [2.05, 4.69) is 0 Å². The first kappa shape index (κ1) is 19.7. The number of sulfonamides is 1. The molecule has 2 heterocycles. The highest BCUT2D eigenvalue weighted by atomic mass is 32.2. The third-order valence-electron chi connectivity index (χ3n) is 5.01. The Morgan fingerprint density at radius 2 is 1.69 bits per heavy atom. The molecule has 1 unspecified atom stereocenters. The molecule has 4 rings (SSSR count). The molecule has 0 bridgehead atoms. The van der Waals surface area contributed by atoms with Crippen LogP contribution in [0, 0.1) is 0 Å². The first-order valence-corrected chi connectivity index (χ1v) is 11.1. The fraction of sp³-hybridized carbons (Fsp3) is 0.381. The monoisotopic (exact) mass is 417 g/mol. The average Bonchev–Trinajstić information content (AvgIpc) is 2.78. The molecule has 2 aliphatic heterocycles. The number of esters is 1. The van der Waals surface area contributed by atoms with Crippen LogP contribution in [0.4, 0.5) is 0 Å². The molecule has 7 nitrogen and oxygen atoms in total. The molecule has 0 N–H and O–H groups in total. The highest BCUT2D eigenvalue weighted by molar-refractivity contribution is 7.89. The smallest absolute Gasteiger partial charge is 0.339 e. The molecule has 2 aromatic carbocycles. The molecule has 0 amide bonds. The minimum Gasteiger partial charge on any atom is -0.486 e. The number of carbonyl (C=O) groups is 1. The predicted octanol–water partition coefficient (Wildman–Crippen LogP) is 2.86. The number of benzene rings is 2. The summed E-state index contributed by atoms with van der Waals surface area (Å²) in [5, 5.41) is 0. The van der Waals surface area contributed by atoms with Crippen LogP contribution in [0.2, 0.25) is 0 Å². The fourth-order valence-electron chi connectivity index (χ4n) is 3.50. The Kier molecular flexibility index (Phi) is 5.73. The lowest BCUT2D eigenvalue weighted by atomic mass is 10.2. The number of carbonyl (C=O) groups excluding carboxylic acids is 1. The zero-order valence-corrected chi connectivity index (χ0v) is 16.8. The van der Waals surface area contributed by atoms with Gasteiger partial charge in [0.05, 0.1) is 10.5 Å². The molecule has 0 radical (unpaired) electrons. The van der Waals surface area contributed by atoms with Crippen molar-refractivity contribution in [3.63, 3.8) is 0 Å². The van der Waals surface area contributed by atoms with Crippen LogP contribution in [0.5, 0.6) is 11.5 Å². The third-order valence-corrected chi connectivity index (χ3v) is 6.96. The van der Waals surface area contributed by atoms with Gasteiger partial charge in [0.1, 0.15) is 13.2 Å². The lowest BCUT2D eigenvalue weighted by molar-refractivity contribution is 0.0107. The maximum atomic E-state index is 13.0. The third kappa shape index (κ3) is 4.23. The molecule has 29 heavy (non-hydrogen) atoms. The molecule has 1 saturated heterocycles. The van der Waals surface area contributed by atoms with Gasteiger partial charge >= 0.3 is 5.97 Å². The van der Waals surface area contributed by atoms with Gasteiger partial charge in [0.25, 0.3) is 0 Å². The van der Waals surface area contributed by atoms with Crippen molar-refractivity contribution in [2.24, 2.45) is 0 Å². The van der Waals surface area contributed by atoms with Crippen molar-refractivity contribution in [2.45, 2.75) is 30.3 Å². The average molecular weight is 417 g/mol. The first-order valence-electron chi connectivity index (χ1n) is 9.70. The Balaban J connectivity index is 1.46. The Labute approximate surface area is 170 Å². The maximum absolute atomic E-state index is 13.0. The van der Waals surface area contributed by atoms with Crippen LogP contribution in [0.15, 0.2) is 53.4 Å². The number of ether oxygens (including phenoxy) is 3. The summed E-state index contributed by atoms with van der Waals surface area (Å²) in [6, 6.07) is 13.4. The summed E-state index contributed by atoms with van der Waals surface area (Å²) >= 11 is 0. The van der Waals surface area contributed by atoms with Crippen molar-refractivity contribution >= 4 is 16.0 Å². The molecule has 0 spiro atoms. The van der Waals surface area contributed by atoms with E-state index in [1.54, 1.807) is 24.3 Å². The Morgan fingerprint density at radius 1 is 1.00 bits per heavy atom. The molecule has 1 fully saturated rings. The number of piperidine rings is 1. The zero-order valence-electron chi connectivity index (χ0n) is 16.0. The molecule has 0 aliphatic carbocycles. The molecule has 2 aromatic rings. The number of rotatable bonds is 5. The molecule has 2 aliphatic rings. The maximum Gasteiger partial charge on any atom is 0.339 e. The van der Waals surface area contributed by atoms with Gasteiger partial charge in [-0.05, 0) is 37.1 Å². The van der Waals surface area contributed by atoms with E-state index in [0.29, 0.717) is 24.6 Å². The van der Waals surface area contributed by atoms with Crippen LogP contribution in [0.1, 0.15) is 29.6 Å². The van der Waals surface area contributed by atoms with Gasteiger partial charge in [-0.15, -0.1) is 0 Å². The quantitative estimate of drug-likeness (QED) is 0.696. The minimum atomic E-state index is -3.74. The largest absolute Gasteiger partial charge is 0.486 e. The SMILES string of the molecule is O=C(OCC1COc2ccccc2O1)c1ccccc1S(=O)(=O)N1CCCCC1. The molecule has 8 heteroatoms. The van der Waals surface area contributed by atoms with Gasteiger partial charge in [-0.3, -0.25) is 0 Å². The first-order chi connectivity index (χ1) is 14.1. The van der Waals surface area contributed by atoms with Gasteiger partial charge in [-0.1, -0.05) is 30.7 Å². The molecule has 0 saturated carbocycles. The number of nitrogens with zero attached hydrogens (tertiary/aromatic N) is 1. The van der Waals surface area contributed by atoms with Gasteiger partial charge in [0, 0.05) is 13.1 Å². The summed E-state index contributed by atoms with van der Waals surface area (Å²) in [6.07, 6.45) is 2.21. The predicted molar refractivity (Wildman–Crippen MR) is 106 cm³/mol. The number of fused-ring (bicyclic) bond motifs is 1. The number of hydrogen-bond donors (Lipinski definition) is 0. The highest BCUT2D eigenvalue weighted by Gasteiger charge is 2.31. The molecule has 154 valence electrons. The Bertz CT molecular complexity index is 984. The summed E-state index contributed by atoms with van der Waals surface area (Å²) in [4.78, 5) is 12.7. The van der Waals surface area contributed by atoms with Crippen molar-refractivity contribution < 1.29 is 27.4 Å². The van der Waals surface area contributed by atoms with E-state index in [4.69, 9.17) is 14.2 Å². The van der Waals surface area contributed by atoms with Crippen LogP contribution in [0.3, 0.4) is 0 Å². The summed E-state index contributed by atoms with van der Waals surface area (Å²) in [7, 11) is -3.74. The molecular formula is C21H23NO6S. The van der Waals surface area contributed by atoms with Crippen LogP contribution in [0.25, 0.3) is 0 Å². The van der Waals surface area contributed by atoms with Crippen LogP contribution < -0.4 is 9.47 Å². The van der Waals surface area contributed by atoms with E-state index in [-0.39, 0.29) is 23.7 Å². The van der Waals surface area contributed by atoms with Crippen molar-refractivity contribution in [3.05, 3.63) is 54.1 Å². The van der Waals surface area contributed by atoms with E-state index in [9.17, 15) is 13.2 Å². The summed E-state index contributed by atoms with van der Waals surface area (Å²) in [5.74, 6) is 0.546. The van der Waals surface area contributed by atoms with Crippen molar-refractivity contribution in [1.82, 2.24) is 4.31 Å². The highest BCUT2D eigenvalue weighted by Crippen LogP contribution is 2.31. The van der Waals surface area contributed by atoms with Crippen LogP contribution in [-0.2, 0) is 14.8 Å². The summed E-state index contributed by atoms with van der Waals surface area (Å²) in [6.45, 7) is 1.15. The van der Waals surface area contributed by atoms with E-state index >= 15 is 0 Å². The van der Waals surface area contributed by atoms with Crippen molar-refractivity contribution in [2.75, 3.05) is 26.3 Å². The number of para-hydroxylation sites is 2. The number of hydrogen-bond acceptors (Lipinski definition) is 6. The van der Waals surface area contributed by atoms with Gasteiger partial charge in [0.15, 0.2) is 17.6 Å². The van der Waals surface area contributed by atoms with E-state index in [1.807, 2.05) is 12.1 Å². The van der Waals surface area contributed by atoms with E-state index < -0.39 is 22.1 Å². The Hall–Kier alpha value is -2.58.